The molecule has 0 radical (unpaired) electrons. The number of halogens is 4. The van der Waals surface area contributed by atoms with E-state index in [1.165, 1.54) is 29.9 Å². The van der Waals surface area contributed by atoms with Gasteiger partial charge in [-0.25, -0.2) is 0 Å². The van der Waals surface area contributed by atoms with Crippen molar-refractivity contribution in [1.82, 2.24) is 9.80 Å². The lowest BCUT2D eigenvalue weighted by molar-refractivity contribution is -0.262. The van der Waals surface area contributed by atoms with Crippen LogP contribution in [0.3, 0.4) is 0 Å². The molecule has 6 nitrogen and oxygen atoms in total. The highest BCUT2D eigenvalue weighted by atomic mass is 35.5. The Morgan fingerprint density at radius 3 is 2.00 bits per heavy atom. The van der Waals surface area contributed by atoms with Crippen LogP contribution in [0.15, 0.2) is 48.5 Å². The predicted molar refractivity (Wildman–Crippen MR) is 159 cm³/mol. The zero-order chi connectivity index (χ0) is 30.4. The van der Waals surface area contributed by atoms with Crippen LogP contribution >= 0.6 is 11.6 Å². The summed E-state index contributed by atoms with van der Waals surface area (Å²) in [4.78, 5) is 31.8. The minimum Gasteiger partial charge on any atom is -0.371 e. The molecule has 2 amide bonds. The highest BCUT2D eigenvalue weighted by Crippen LogP contribution is 2.43. The lowest BCUT2D eigenvalue weighted by atomic mass is 9.78. The van der Waals surface area contributed by atoms with Crippen LogP contribution in [0.5, 0.6) is 0 Å². The van der Waals surface area contributed by atoms with Crippen LogP contribution in [-0.2, 0) is 10.4 Å². The lowest BCUT2D eigenvalue weighted by Gasteiger charge is -2.42. The molecule has 6 rings (SSSR count). The fourth-order valence-electron chi connectivity index (χ4n) is 7.56. The zero-order valence-electron chi connectivity index (χ0n) is 24.2. The maximum absolute atomic E-state index is 14.0. The minimum atomic E-state index is -5.13. The van der Waals surface area contributed by atoms with Crippen molar-refractivity contribution in [3.05, 3.63) is 64.7 Å². The maximum atomic E-state index is 14.0. The van der Waals surface area contributed by atoms with Crippen molar-refractivity contribution >= 4 is 29.1 Å². The van der Waals surface area contributed by atoms with E-state index in [9.17, 15) is 27.9 Å². The second-order valence-electron chi connectivity index (χ2n) is 12.7. The molecule has 2 aromatic rings. The monoisotopic (exact) mass is 617 g/mol. The van der Waals surface area contributed by atoms with Gasteiger partial charge in [0.2, 0.25) is 0 Å². The van der Waals surface area contributed by atoms with Gasteiger partial charge in [-0.2, -0.15) is 13.2 Å². The molecule has 4 fully saturated rings. The molecule has 1 N–H and O–H groups in total. The molecular formula is C33H39ClF3N3O3. The highest BCUT2D eigenvalue weighted by Gasteiger charge is 2.62. The minimum absolute atomic E-state index is 0.0342. The molecular weight excluding hydrogens is 579 g/mol. The maximum Gasteiger partial charge on any atom is 0.430 e. The first-order valence-corrected chi connectivity index (χ1v) is 15.9. The number of rotatable bonds is 6. The average Bonchev–Trinajstić information content (AvgIpc) is 3.75. The molecule has 1 unspecified atom stereocenters. The van der Waals surface area contributed by atoms with Crippen LogP contribution in [0.25, 0.3) is 0 Å². The molecule has 1 saturated carbocycles. The summed E-state index contributed by atoms with van der Waals surface area (Å²) in [6.45, 7) is 2.84. The van der Waals surface area contributed by atoms with Crippen LogP contribution in [0.1, 0.15) is 67.3 Å². The molecule has 0 bridgehead atoms. The summed E-state index contributed by atoms with van der Waals surface area (Å²) in [5.41, 5.74) is -2.45. The molecule has 2 aromatic carbocycles. The quantitative estimate of drug-likeness (QED) is 0.416. The number of anilines is 1. The summed E-state index contributed by atoms with van der Waals surface area (Å²) < 4.78 is 42.0. The molecule has 232 valence electrons. The Morgan fingerprint density at radius 2 is 1.42 bits per heavy atom. The van der Waals surface area contributed by atoms with Crippen molar-refractivity contribution in [3.8, 4) is 0 Å². The van der Waals surface area contributed by atoms with E-state index < -0.39 is 23.2 Å². The third-order valence-electron chi connectivity index (χ3n) is 10.2. The number of carbonyl (C=O) groups is 2. The van der Waals surface area contributed by atoms with Gasteiger partial charge < -0.3 is 19.8 Å². The zero-order valence-corrected chi connectivity index (χ0v) is 25.0. The van der Waals surface area contributed by atoms with E-state index in [0.717, 1.165) is 63.1 Å². The van der Waals surface area contributed by atoms with E-state index in [1.807, 2.05) is 23.1 Å². The number of aliphatic hydroxyl groups is 1. The molecule has 43 heavy (non-hydrogen) atoms. The normalized spacial score (nSPS) is 23.8. The van der Waals surface area contributed by atoms with E-state index in [2.05, 4.69) is 4.90 Å². The van der Waals surface area contributed by atoms with Gasteiger partial charge in [0.1, 0.15) is 0 Å². The van der Waals surface area contributed by atoms with Crippen LogP contribution in [0.2, 0.25) is 5.02 Å². The second-order valence-corrected chi connectivity index (χ2v) is 13.1. The average molecular weight is 618 g/mol. The topological polar surface area (TPSA) is 64.1 Å². The van der Waals surface area contributed by atoms with Crippen molar-refractivity contribution in [2.45, 2.75) is 69.2 Å². The Labute approximate surface area is 255 Å². The van der Waals surface area contributed by atoms with Crippen LogP contribution < -0.4 is 4.90 Å². The number of benzene rings is 2. The predicted octanol–water partition coefficient (Wildman–Crippen LogP) is 6.26. The number of piperidine rings is 2. The number of carbonyl (C=O) groups excluding carboxylic acids is 2. The first kappa shape index (κ1) is 30.3. The summed E-state index contributed by atoms with van der Waals surface area (Å²) in [5, 5.41) is 11.2. The Balaban J connectivity index is 1.03. The van der Waals surface area contributed by atoms with E-state index in [1.54, 1.807) is 6.07 Å². The van der Waals surface area contributed by atoms with Gasteiger partial charge in [0.25, 0.3) is 17.4 Å². The summed E-state index contributed by atoms with van der Waals surface area (Å²) in [7, 11) is 0. The number of amides is 2. The first-order valence-electron chi connectivity index (χ1n) is 15.6. The summed E-state index contributed by atoms with van der Waals surface area (Å²) in [6, 6.07) is 12.7. The highest BCUT2D eigenvalue weighted by molar-refractivity contribution is 6.34. The van der Waals surface area contributed by atoms with Crippen molar-refractivity contribution < 1.29 is 27.9 Å². The van der Waals surface area contributed by atoms with Gasteiger partial charge in [0.05, 0.1) is 10.6 Å². The Hall–Kier alpha value is -2.78. The van der Waals surface area contributed by atoms with Gasteiger partial charge in [0, 0.05) is 50.0 Å². The largest absolute Gasteiger partial charge is 0.430 e. The summed E-state index contributed by atoms with van der Waals surface area (Å²) in [6.07, 6.45) is 2.52. The molecule has 0 spiro atoms. The molecule has 3 saturated heterocycles. The third-order valence-corrected chi connectivity index (χ3v) is 10.5. The fraction of sp³-hybridized carbons (Fsp3) is 0.576. The number of likely N-dealkylation sites (tertiary alicyclic amines) is 2. The van der Waals surface area contributed by atoms with Gasteiger partial charge in [-0.05, 0) is 87.3 Å². The van der Waals surface area contributed by atoms with Gasteiger partial charge >= 0.3 is 6.18 Å². The fourth-order valence-corrected chi connectivity index (χ4v) is 7.82. The van der Waals surface area contributed by atoms with Crippen LogP contribution in [-0.4, -0.2) is 71.7 Å². The van der Waals surface area contributed by atoms with Gasteiger partial charge in [-0.15, -0.1) is 0 Å². The van der Waals surface area contributed by atoms with Crippen molar-refractivity contribution in [1.29, 1.82) is 0 Å². The van der Waals surface area contributed by atoms with E-state index >= 15 is 0 Å². The molecule has 10 heteroatoms. The molecule has 1 aliphatic carbocycles. The van der Waals surface area contributed by atoms with Crippen LogP contribution in [0, 0.1) is 17.8 Å². The number of nitrogens with zero attached hydrogens (tertiary/aromatic N) is 3. The Morgan fingerprint density at radius 1 is 0.791 bits per heavy atom. The van der Waals surface area contributed by atoms with E-state index in [0.29, 0.717) is 47.2 Å². The molecule has 3 heterocycles. The van der Waals surface area contributed by atoms with Gasteiger partial charge in [-0.3, -0.25) is 9.59 Å². The van der Waals surface area contributed by atoms with E-state index in [-0.39, 0.29) is 19.0 Å². The number of hydrogen-bond donors (Lipinski definition) is 1. The second kappa shape index (κ2) is 12.0. The molecule has 4 aliphatic rings. The lowest BCUT2D eigenvalue weighted by Crippen LogP contribution is -2.57. The number of alkyl halides is 3. The number of hydrogen-bond acceptors (Lipinski definition) is 4. The van der Waals surface area contributed by atoms with Gasteiger partial charge in [-0.1, -0.05) is 41.9 Å². The SMILES string of the molecule is O=C(c1ccc(N2CCC(C3CCN(C(=O)[C@](O)(c4ccccc4)C(F)(F)F)CC3)CC2)cc1Cl)N1CCCC1C1CC1. The van der Waals surface area contributed by atoms with E-state index in [4.69, 9.17) is 11.6 Å². The van der Waals surface area contributed by atoms with Crippen molar-refractivity contribution in [2.24, 2.45) is 17.8 Å². The van der Waals surface area contributed by atoms with Crippen LogP contribution in [0.4, 0.5) is 18.9 Å². The smallest absolute Gasteiger partial charge is 0.371 e. The third kappa shape index (κ3) is 5.87. The van der Waals surface area contributed by atoms with Gasteiger partial charge in [0.15, 0.2) is 0 Å². The molecule has 3 aliphatic heterocycles. The summed E-state index contributed by atoms with van der Waals surface area (Å²) in [5.74, 6) is 0.106. The van der Waals surface area contributed by atoms with Crippen molar-refractivity contribution in [2.75, 3.05) is 37.6 Å². The molecule has 2 atom stereocenters. The molecule has 0 aromatic heterocycles. The standard InChI is InChI=1S/C33H39ClF3N3O3/c34-28-21-26(10-11-27(28)30(41)40-16-4-7-29(40)24-8-9-24)38-17-12-22(13-18-38)23-14-19-39(20-15-23)31(42)32(43,33(35,36)37)25-5-2-1-3-6-25/h1-3,5-6,10-11,21-24,29,43H,4,7-9,12-20H2/t29?,32-/m1/s1. The van der Waals surface area contributed by atoms with Crippen molar-refractivity contribution in [3.63, 3.8) is 0 Å². The Bertz CT molecular complexity index is 1320. The first-order chi connectivity index (χ1) is 20.6. The summed E-state index contributed by atoms with van der Waals surface area (Å²) >= 11 is 6.66. The Kier molecular flexibility index (Phi) is 8.41.